The maximum absolute atomic E-state index is 15.3. The van der Waals surface area contributed by atoms with Gasteiger partial charge in [0.1, 0.15) is 11.9 Å². The van der Waals surface area contributed by atoms with Crippen LogP contribution >= 0.6 is 0 Å². The molecule has 11 heteroatoms. The summed E-state index contributed by atoms with van der Waals surface area (Å²) in [7, 11) is 0. The van der Waals surface area contributed by atoms with E-state index in [1.807, 2.05) is 45.0 Å². The van der Waals surface area contributed by atoms with Crippen molar-refractivity contribution in [3.8, 4) is 0 Å². The molecule has 4 aromatic rings. The molecule has 48 heavy (non-hydrogen) atoms. The van der Waals surface area contributed by atoms with E-state index in [1.165, 1.54) is 12.1 Å². The van der Waals surface area contributed by atoms with Gasteiger partial charge in [-0.25, -0.2) is 18.6 Å². The van der Waals surface area contributed by atoms with E-state index in [1.54, 1.807) is 30.6 Å². The Morgan fingerprint density at radius 1 is 0.938 bits per heavy atom. The fourth-order valence-corrected chi connectivity index (χ4v) is 7.46. The van der Waals surface area contributed by atoms with Crippen LogP contribution in [0.5, 0.6) is 0 Å². The summed E-state index contributed by atoms with van der Waals surface area (Å²) < 4.78 is 35.7. The number of nitrogens with one attached hydrogen (secondary N) is 3. The molecule has 3 aliphatic rings. The van der Waals surface area contributed by atoms with E-state index in [9.17, 15) is 18.8 Å². The lowest BCUT2D eigenvalue weighted by atomic mass is 9.79. The number of benzene rings is 2. The highest BCUT2D eigenvalue weighted by atomic mass is 19.2. The molecule has 1 aliphatic heterocycles. The average Bonchev–Trinajstić information content (AvgIpc) is 3.49. The van der Waals surface area contributed by atoms with Gasteiger partial charge in [0.2, 0.25) is 11.8 Å². The van der Waals surface area contributed by atoms with Crippen molar-refractivity contribution in [1.82, 2.24) is 15.3 Å². The Hall–Kier alpha value is -5.19. The van der Waals surface area contributed by atoms with Crippen molar-refractivity contribution in [2.75, 3.05) is 10.6 Å². The number of ether oxygens (including phenoxy) is 1. The number of carbonyl (C=O) groups is 3. The van der Waals surface area contributed by atoms with Crippen molar-refractivity contribution in [2.24, 2.45) is 0 Å². The third kappa shape index (κ3) is 5.56. The fraction of sp³-hybridized carbons (Fsp3) is 0.324. The molecule has 1 unspecified atom stereocenters. The summed E-state index contributed by atoms with van der Waals surface area (Å²) in [6.07, 6.45) is 3.03. The summed E-state index contributed by atoms with van der Waals surface area (Å²) in [5.41, 5.74) is 2.93. The number of halogens is 2. The van der Waals surface area contributed by atoms with Gasteiger partial charge < -0.3 is 15.4 Å². The Morgan fingerprint density at radius 3 is 2.50 bits per heavy atom. The maximum atomic E-state index is 15.3. The van der Waals surface area contributed by atoms with Crippen molar-refractivity contribution in [1.29, 1.82) is 0 Å². The van der Waals surface area contributed by atoms with Crippen molar-refractivity contribution < 1.29 is 27.9 Å². The van der Waals surface area contributed by atoms with E-state index in [0.29, 0.717) is 35.6 Å². The monoisotopic (exact) mass is 651 g/mol. The summed E-state index contributed by atoms with van der Waals surface area (Å²) in [4.78, 5) is 49.2. The number of carbonyl (C=O) groups excluding carboxylic acids is 3. The number of aromatic nitrogens is 2. The summed E-state index contributed by atoms with van der Waals surface area (Å²) in [5.74, 6) is -3.55. The molecule has 7 rings (SSSR count). The lowest BCUT2D eigenvalue weighted by Gasteiger charge is -2.30. The van der Waals surface area contributed by atoms with Crippen LogP contribution in [0.3, 0.4) is 0 Å². The van der Waals surface area contributed by atoms with Crippen LogP contribution in [0.4, 0.5) is 25.1 Å². The molecule has 0 fully saturated rings. The first kappa shape index (κ1) is 31.4. The summed E-state index contributed by atoms with van der Waals surface area (Å²) in [6.45, 7) is 5.53. The third-order valence-corrected chi connectivity index (χ3v) is 9.49. The SMILES string of the molecule is CC(C)(C)NC(=O)[C@@H]1c2cccnc2[C@H](OC(=O)Nc2ccc3c(c2)CC2(C3)C(=O)Nc3ncccc32)CC[C@@H]1c1cccc(F)c1F. The molecular weight excluding hydrogens is 616 g/mol. The Bertz CT molecular complexity index is 1960. The molecule has 0 bridgehead atoms. The number of fused-ring (bicyclic) bond motifs is 4. The van der Waals surface area contributed by atoms with Gasteiger partial charge in [0, 0.05) is 35.1 Å². The molecule has 3 N–H and O–H groups in total. The van der Waals surface area contributed by atoms with Gasteiger partial charge in [-0.15, -0.1) is 0 Å². The molecule has 0 saturated heterocycles. The molecule has 0 radical (unpaired) electrons. The number of anilines is 2. The van der Waals surface area contributed by atoms with Crippen LogP contribution in [0.15, 0.2) is 73.1 Å². The van der Waals surface area contributed by atoms with Gasteiger partial charge in [-0.3, -0.25) is 19.9 Å². The summed E-state index contributed by atoms with van der Waals surface area (Å²) >= 11 is 0. The lowest BCUT2D eigenvalue weighted by Crippen LogP contribution is -2.44. The first-order valence-corrected chi connectivity index (χ1v) is 16.0. The van der Waals surface area contributed by atoms with Gasteiger partial charge in [-0.2, -0.15) is 0 Å². The van der Waals surface area contributed by atoms with Gasteiger partial charge in [-0.1, -0.05) is 30.3 Å². The second-order valence-corrected chi connectivity index (χ2v) is 13.8. The minimum atomic E-state index is -1.01. The van der Waals surface area contributed by atoms with Crippen LogP contribution < -0.4 is 16.0 Å². The van der Waals surface area contributed by atoms with Crippen molar-refractivity contribution in [3.63, 3.8) is 0 Å². The standard InChI is InChI=1S/C37H35F2N5O4/c1-36(2,3)44-33(45)29-23(24-7-4-10-27(38)30(24)39)13-14-28(31-25(29)8-5-15-40-31)48-35(47)42-22-12-11-20-18-37(19-21(20)17-22)26-9-6-16-41-32(26)43-34(37)46/h4-12,15-17,23,28-29H,13-14,18-19H2,1-3H3,(H,42,47)(H,44,45)(H,41,43,46)/t23-,28-,29+,37?/m1/s1. The second-order valence-electron chi connectivity index (χ2n) is 13.8. The van der Waals surface area contributed by atoms with Crippen LogP contribution in [0.25, 0.3) is 0 Å². The van der Waals surface area contributed by atoms with Gasteiger partial charge >= 0.3 is 6.09 Å². The zero-order valence-corrected chi connectivity index (χ0v) is 26.8. The zero-order valence-electron chi connectivity index (χ0n) is 26.8. The third-order valence-electron chi connectivity index (χ3n) is 9.49. The number of amides is 3. The van der Waals surface area contributed by atoms with E-state index in [2.05, 4.69) is 25.9 Å². The topological polar surface area (TPSA) is 122 Å². The molecule has 246 valence electrons. The predicted octanol–water partition coefficient (Wildman–Crippen LogP) is 6.61. The summed E-state index contributed by atoms with van der Waals surface area (Å²) in [5, 5.41) is 8.71. The summed E-state index contributed by atoms with van der Waals surface area (Å²) in [6, 6.07) is 16.6. The van der Waals surface area contributed by atoms with E-state index in [0.717, 1.165) is 22.8 Å². The predicted molar refractivity (Wildman–Crippen MR) is 174 cm³/mol. The minimum absolute atomic E-state index is 0.0780. The first-order valence-electron chi connectivity index (χ1n) is 16.0. The molecule has 2 aromatic carbocycles. The minimum Gasteiger partial charge on any atom is -0.439 e. The molecule has 2 aliphatic carbocycles. The maximum Gasteiger partial charge on any atom is 0.412 e. The van der Waals surface area contributed by atoms with E-state index in [4.69, 9.17) is 4.74 Å². The fourth-order valence-electron chi connectivity index (χ4n) is 7.46. The van der Waals surface area contributed by atoms with Crippen LogP contribution in [0.1, 0.15) is 85.1 Å². The number of hydrogen-bond donors (Lipinski definition) is 3. The van der Waals surface area contributed by atoms with Gasteiger partial charge in [0.15, 0.2) is 11.6 Å². The number of nitrogens with zero attached hydrogens (tertiary/aromatic N) is 2. The Kier molecular flexibility index (Phi) is 7.72. The van der Waals surface area contributed by atoms with Crippen LogP contribution in [0, 0.1) is 11.6 Å². The Balaban J connectivity index is 1.14. The molecule has 2 aromatic heterocycles. The van der Waals surface area contributed by atoms with Gasteiger partial charge in [0.05, 0.1) is 17.0 Å². The smallest absolute Gasteiger partial charge is 0.412 e. The van der Waals surface area contributed by atoms with Crippen LogP contribution in [-0.4, -0.2) is 33.4 Å². The largest absolute Gasteiger partial charge is 0.439 e. The van der Waals surface area contributed by atoms with E-state index < -0.39 is 46.6 Å². The lowest BCUT2D eigenvalue weighted by molar-refractivity contribution is -0.124. The Morgan fingerprint density at radius 2 is 1.69 bits per heavy atom. The highest BCUT2D eigenvalue weighted by Gasteiger charge is 2.51. The zero-order chi connectivity index (χ0) is 33.8. The molecule has 1 spiro atoms. The molecule has 3 heterocycles. The van der Waals surface area contributed by atoms with E-state index in [-0.39, 0.29) is 30.2 Å². The number of rotatable bonds is 4. The van der Waals surface area contributed by atoms with E-state index >= 15 is 4.39 Å². The van der Waals surface area contributed by atoms with Gasteiger partial charge in [0.25, 0.3) is 0 Å². The number of hydrogen-bond acceptors (Lipinski definition) is 6. The normalized spacial score (nSPS) is 22.6. The molecular formula is C37H35F2N5O4. The highest BCUT2D eigenvalue weighted by Crippen LogP contribution is 2.48. The molecule has 3 amide bonds. The van der Waals surface area contributed by atoms with Crippen molar-refractivity contribution >= 4 is 29.4 Å². The molecule has 9 nitrogen and oxygen atoms in total. The second kappa shape index (κ2) is 11.8. The number of pyridine rings is 2. The van der Waals surface area contributed by atoms with Crippen LogP contribution in [-0.2, 0) is 32.6 Å². The van der Waals surface area contributed by atoms with Crippen molar-refractivity contribution in [3.05, 3.63) is 118 Å². The molecule has 4 atom stereocenters. The average molecular weight is 652 g/mol. The molecule has 0 saturated carbocycles. The highest BCUT2D eigenvalue weighted by molar-refractivity contribution is 6.06. The van der Waals surface area contributed by atoms with Crippen molar-refractivity contribution in [2.45, 2.75) is 75.3 Å². The van der Waals surface area contributed by atoms with Gasteiger partial charge in [-0.05, 0) is 99.0 Å². The Labute approximate surface area is 276 Å². The quantitative estimate of drug-likeness (QED) is 0.214. The van der Waals surface area contributed by atoms with Crippen LogP contribution in [0.2, 0.25) is 0 Å². The first-order chi connectivity index (χ1) is 22.9.